The van der Waals surface area contributed by atoms with Crippen LogP contribution in [0, 0.1) is 0 Å². The van der Waals surface area contributed by atoms with Crippen LogP contribution in [0.4, 0.5) is 11.4 Å². The van der Waals surface area contributed by atoms with Gasteiger partial charge in [0.1, 0.15) is 11.5 Å². The van der Waals surface area contributed by atoms with Crippen molar-refractivity contribution in [2.75, 3.05) is 30.5 Å². The first-order valence-corrected chi connectivity index (χ1v) is 14.2. The van der Waals surface area contributed by atoms with E-state index < -0.39 is 41.8 Å². The number of amides is 2. The highest BCUT2D eigenvalue weighted by Crippen LogP contribution is 2.18. The fraction of sp³-hybridized carbons (Fsp3) is 0.419. The number of carbonyl (C=O) groups excluding carboxylic acids is 6. The number of benzene rings is 2. The molecule has 2 amide bonds. The van der Waals surface area contributed by atoms with Gasteiger partial charge >= 0.3 is 23.9 Å². The van der Waals surface area contributed by atoms with Gasteiger partial charge in [0.2, 0.25) is 0 Å². The lowest BCUT2D eigenvalue weighted by molar-refractivity contribution is -0.147. The van der Waals surface area contributed by atoms with Crippen molar-refractivity contribution >= 4 is 47.1 Å². The minimum absolute atomic E-state index is 0.179. The van der Waals surface area contributed by atoms with Crippen LogP contribution < -0.4 is 20.1 Å². The Morgan fingerprint density at radius 2 is 1.11 bits per heavy atom. The zero-order chi connectivity index (χ0) is 32.3. The minimum Gasteiger partial charge on any atom is -0.456 e. The van der Waals surface area contributed by atoms with Crippen LogP contribution in [0.3, 0.4) is 0 Å². The summed E-state index contributed by atoms with van der Waals surface area (Å²) in [6.45, 7) is 4.37. The van der Waals surface area contributed by atoms with Crippen LogP contribution in [0.25, 0.3) is 0 Å². The highest BCUT2D eigenvalue weighted by atomic mass is 16.6. The van der Waals surface area contributed by atoms with Crippen LogP contribution in [0.1, 0.15) is 59.3 Å². The highest BCUT2D eigenvalue weighted by molar-refractivity contribution is 5.93. The molecule has 0 saturated carbocycles. The van der Waals surface area contributed by atoms with E-state index in [2.05, 4.69) is 10.6 Å². The van der Waals surface area contributed by atoms with E-state index >= 15 is 0 Å². The van der Waals surface area contributed by atoms with Gasteiger partial charge in [-0.15, -0.1) is 0 Å². The fourth-order valence-corrected chi connectivity index (χ4v) is 3.36. The second-order valence-corrected chi connectivity index (χ2v) is 9.39. The number of ether oxygens (including phenoxy) is 5. The van der Waals surface area contributed by atoms with E-state index in [0.717, 1.165) is 0 Å². The Balaban J connectivity index is 1.58. The van der Waals surface area contributed by atoms with Gasteiger partial charge in [0, 0.05) is 37.2 Å². The summed E-state index contributed by atoms with van der Waals surface area (Å²) in [5.41, 5.74) is 0.913. The number of rotatable bonds is 18. The van der Waals surface area contributed by atoms with Crippen LogP contribution in [0.15, 0.2) is 48.5 Å². The molecule has 2 aromatic rings. The summed E-state index contributed by atoms with van der Waals surface area (Å²) >= 11 is 0. The molecule has 44 heavy (non-hydrogen) atoms. The van der Waals surface area contributed by atoms with E-state index in [-0.39, 0.29) is 38.2 Å². The maximum atomic E-state index is 12.3. The smallest absolute Gasteiger partial charge is 0.340 e. The van der Waals surface area contributed by atoms with Crippen molar-refractivity contribution in [1.82, 2.24) is 0 Å². The Bertz CT molecular complexity index is 1260. The van der Waals surface area contributed by atoms with Crippen LogP contribution in [0.2, 0.25) is 0 Å². The molecule has 0 aliphatic rings. The summed E-state index contributed by atoms with van der Waals surface area (Å²) < 4.78 is 25.7. The van der Waals surface area contributed by atoms with Gasteiger partial charge in [-0.25, -0.2) is 4.79 Å². The van der Waals surface area contributed by atoms with Crippen LogP contribution in [-0.4, -0.2) is 61.6 Å². The minimum atomic E-state index is -0.813. The molecular weight excluding hydrogens is 576 g/mol. The maximum absolute atomic E-state index is 12.3. The van der Waals surface area contributed by atoms with Crippen LogP contribution in [0.5, 0.6) is 11.5 Å². The van der Waals surface area contributed by atoms with Crippen molar-refractivity contribution in [2.45, 2.75) is 65.4 Å². The van der Waals surface area contributed by atoms with Crippen molar-refractivity contribution in [3.05, 3.63) is 48.5 Å². The Hall–Kier alpha value is -4.78. The first-order valence-electron chi connectivity index (χ1n) is 14.2. The third kappa shape index (κ3) is 14.4. The first kappa shape index (κ1) is 35.4. The van der Waals surface area contributed by atoms with E-state index in [1.54, 1.807) is 57.2 Å². The molecule has 0 heterocycles. The topological polar surface area (TPSA) is 173 Å². The van der Waals surface area contributed by atoms with Gasteiger partial charge in [-0.1, -0.05) is 20.3 Å². The van der Waals surface area contributed by atoms with Crippen molar-refractivity contribution in [1.29, 1.82) is 0 Å². The number of nitrogens with one attached hydrogen (secondary N) is 2. The molecule has 13 nitrogen and oxygen atoms in total. The molecular formula is C31H38N2O11. The second kappa shape index (κ2) is 19.4. The zero-order valence-corrected chi connectivity index (χ0v) is 25.1. The molecule has 2 rings (SSSR count). The summed E-state index contributed by atoms with van der Waals surface area (Å²) in [4.78, 5) is 70.3. The molecule has 2 N–H and O–H groups in total. The SMILES string of the molecule is CCC(=O)OCC(=O)Nc1ccc(OC(=O)CCCCCOC(C)C(=O)Oc2ccc(NC(=O)COC(=O)CC)cc2)cc1. The summed E-state index contributed by atoms with van der Waals surface area (Å²) in [6.07, 6.45) is 1.60. The van der Waals surface area contributed by atoms with E-state index in [0.29, 0.717) is 43.0 Å². The van der Waals surface area contributed by atoms with Crippen molar-refractivity contribution in [2.24, 2.45) is 0 Å². The molecule has 0 aromatic heterocycles. The number of carbonyl (C=O) groups is 6. The Labute approximate surface area is 255 Å². The van der Waals surface area contributed by atoms with Crippen LogP contribution >= 0.6 is 0 Å². The standard InChI is InChI=1S/C31H38N2O11/c1-4-28(36)41-19-26(34)32-22-10-14-24(15-11-22)43-30(38)9-7-6-8-18-40-21(3)31(39)44-25-16-12-23(13-17-25)33-27(35)20-42-29(37)5-2/h10-17,21H,4-9,18-20H2,1-3H3,(H,32,34)(H,33,35). The molecule has 0 fully saturated rings. The lowest BCUT2D eigenvalue weighted by Gasteiger charge is -2.13. The predicted octanol–water partition coefficient (Wildman–Crippen LogP) is 3.95. The van der Waals surface area contributed by atoms with Gasteiger partial charge in [-0.3, -0.25) is 24.0 Å². The third-order valence-corrected chi connectivity index (χ3v) is 5.76. The molecule has 0 aliphatic carbocycles. The first-order chi connectivity index (χ1) is 21.1. The van der Waals surface area contributed by atoms with Crippen molar-refractivity contribution < 1.29 is 52.5 Å². The van der Waals surface area contributed by atoms with E-state index in [9.17, 15) is 28.8 Å². The van der Waals surface area contributed by atoms with Gasteiger partial charge in [0.25, 0.3) is 11.8 Å². The Morgan fingerprint density at radius 1 is 0.636 bits per heavy atom. The molecule has 0 bridgehead atoms. The Kier molecular flexibility index (Phi) is 15.6. The summed E-state index contributed by atoms with van der Waals surface area (Å²) in [5.74, 6) is -2.29. The quantitative estimate of drug-likeness (QED) is 0.141. The van der Waals surface area contributed by atoms with Gasteiger partial charge in [-0.2, -0.15) is 0 Å². The fourth-order valence-electron chi connectivity index (χ4n) is 3.36. The summed E-state index contributed by atoms with van der Waals surface area (Å²) in [7, 11) is 0. The van der Waals surface area contributed by atoms with Crippen molar-refractivity contribution in [3.8, 4) is 11.5 Å². The lowest BCUT2D eigenvalue weighted by atomic mass is 10.2. The highest BCUT2D eigenvalue weighted by Gasteiger charge is 2.16. The number of anilines is 2. The molecule has 1 atom stereocenters. The van der Waals surface area contributed by atoms with E-state index in [4.69, 9.17) is 23.7 Å². The average Bonchev–Trinajstić information content (AvgIpc) is 3.02. The van der Waals surface area contributed by atoms with E-state index in [1.807, 2.05) is 0 Å². The van der Waals surface area contributed by atoms with Gasteiger partial charge in [0.05, 0.1) is 0 Å². The molecule has 1 unspecified atom stereocenters. The molecule has 0 aliphatic heterocycles. The molecule has 238 valence electrons. The largest absolute Gasteiger partial charge is 0.456 e. The monoisotopic (exact) mass is 614 g/mol. The molecule has 13 heteroatoms. The summed E-state index contributed by atoms with van der Waals surface area (Å²) in [5, 5.41) is 5.15. The normalized spacial score (nSPS) is 11.1. The van der Waals surface area contributed by atoms with Crippen molar-refractivity contribution in [3.63, 3.8) is 0 Å². The zero-order valence-electron chi connectivity index (χ0n) is 25.1. The molecule has 0 saturated heterocycles. The molecule has 0 spiro atoms. The third-order valence-electron chi connectivity index (χ3n) is 5.76. The average molecular weight is 615 g/mol. The number of hydrogen-bond acceptors (Lipinski definition) is 11. The molecule has 0 radical (unpaired) electrons. The Morgan fingerprint density at radius 3 is 1.59 bits per heavy atom. The number of esters is 4. The molecule has 2 aromatic carbocycles. The predicted molar refractivity (Wildman–Crippen MR) is 158 cm³/mol. The number of hydrogen-bond donors (Lipinski definition) is 2. The maximum Gasteiger partial charge on any atom is 0.340 e. The summed E-state index contributed by atoms with van der Waals surface area (Å²) in [6, 6.07) is 12.3. The van der Waals surface area contributed by atoms with E-state index in [1.165, 1.54) is 12.1 Å². The van der Waals surface area contributed by atoms with Crippen LogP contribution in [-0.2, 0) is 43.0 Å². The number of unbranched alkanes of at least 4 members (excludes halogenated alkanes) is 2. The van der Waals surface area contributed by atoms with Gasteiger partial charge < -0.3 is 34.3 Å². The van der Waals surface area contributed by atoms with Gasteiger partial charge in [0.15, 0.2) is 19.3 Å². The second-order valence-electron chi connectivity index (χ2n) is 9.39. The lowest BCUT2D eigenvalue weighted by Crippen LogP contribution is -2.26. The van der Waals surface area contributed by atoms with Gasteiger partial charge in [-0.05, 0) is 68.3 Å².